The van der Waals surface area contributed by atoms with Gasteiger partial charge in [-0.15, -0.1) is 0 Å². The molecule has 0 saturated heterocycles. The summed E-state index contributed by atoms with van der Waals surface area (Å²) in [6.07, 6.45) is 4.59. The third kappa shape index (κ3) is 2.45. The van der Waals surface area contributed by atoms with Crippen molar-refractivity contribution in [2.24, 2.45) is 0 Å². The molecule has 0 unspecified atom stereocenters. The van der Waals surface area contributed by atoms with Crippen LogP contribution in [0.3, 0.4) is 0 Å². The molecule has 2 aromatic rings. The Labute approximate surface area is 142 Å². The van der Waals surface area contributed by atoms with E-state index < -0.39 is 0 Å². The van der Waals surface area contributed by atoms with Gasteiger partial charge in [-0.1, -0.05) is 92.5 Å². The molecule has 0 aromatic heterocycles. The lowest BCUT2D eigenvalue weighted by molar-refractivity contribution is 0.837. The van der Waals surface area contributed by atoms with Crippen molar-refractivity contribution in [3.8, 4) is 11.1 Å². The minimum atomic E-state index is -0.214. The van der Waals surface area contributed by atoms with Crippen LogP contribution in [0.25, 0.3) is 11.1 Å². The van der Waals surface area contributed by atoms with Crippen LogP contribution in [-0.2, 0) is 5.41 Å². The topological polar surface area (TPSA) is 0 Å². The van der Waals surface area contributed by atoms with Gasteiger partial charge in [0.15, 0.2) is 0 Å². The SMILES string of the molecule is CC(Br)=CC1(C=C(C)Br)c2ccccc2-c2ccccc21. The van der Waals surface area contributed by atoms with Crippen molar-refractivity contribution in [3.63, 3.8) is 0 Å². The van der Waals surface area contributed by atoms with E-state index in [9.17, 15) is 0 Å². The largest absolute Gasteiger partial charge is 0.0619 e. The van der Waals surface area contributed by atoms with Crippen molar-refractivity contribution < 1.29 is 0 Å². The van der Waals surface area contributed by atoms with Crippen LogP contribution in [0, 0.1) is 0 Å². The maximum Gasteiger partial charge on any atom is 0.0596 e. The van der Waals surface area contributed by atoms with Gasteiger partial charge < -0.3 is 0 Å². The molecule has 0 saturated carbocycles. The molecule has 0 spiro atoms. The van der Waals surface area contributed by atoms with Crippen LogP contribution in [0.5, 0.6) is 0 Å². The molecular weight excluding hydrogens is 388 g/mol. The number of benzene rings is 2. The van der Waals surface area contributed by atoms with E-state index in [1.807, 2.05) is 0 Å². The standard InChI is InChI=1S/C19H16Br2/c1-13(20)11-19(12-14(2)21)17-9-5-3-7-15(17)16-8-4-6-10-18(16)19/h3-12H,1-2H3. The second-order valence-electron chi connectivity index (χ2n) is 5.42. The van der Waals surface area contributed by atoms with Gasteiger partial charge in [-0.25, -0.2) is 0 Å². The fraction of sp³-hybridized carbons (Fsp3) is 0.158. The van der Waals surface area contributed by atoms with Gasteiger partial charge >= 0.3 is 0 Å². The first-order valence-corrected chi connectivity index (χ1v) is 8.52. The van der Waals surface area contributed by atoms with Crippen LogP contribution < -0.4 is 0 Å². The van der Waals surface area contributed by atoms with E-state index in [1.165, 1.54) is 22.3 Å². The summed E-state index contributed by atoms with van der Waals surface area (Å²) in [5.74, 6) is 0. The van der Waals surface area contributed by atoms with Crippen LogP contribution >= 0.6 is 31.9 Å². The zero-order valence-corrected chi connectivity index (χ0v) is 15.2. The lowest BCUT2D eigenvalue weighted by atomic mass is 9.77. The zero-order valence-electron chi connectivity index (χ0n) is 12.0. The van der Waals surface area contributed by atoms with Crippen LogP contribution in [0.1, 0.15) is 25.0 Å². The molecule has 2 heteroatoms. The maximum atomic E-state index is 3.63. The summed E-state index contributed by atoms with van der Waals surface area (Å²) in [6, 6.07) is 17.3. The molecule has 3 rings (SSSR count). The fourth-order valence-electron chi connectivity index (χ4n) is 3.28. The molecule has 1 aliphatic rings. The second kappa shape index (κ2) is 5.58. The normalized spacial score (nSPS) is 16.6. The first-order valence-electron chi connectivity index (χ1n) is 6.94. The molecule has 0 nitrogen and oxygen atoms in total. The van der Waals surface area contributed by atoms with Crippen molar-refractivity contribution in [2.75, 3.05) is 0 Å². The van der Waals surface area contributed by atoms with Gasteiger partial charge in [0.25, 0.3) is 0 Å². The smallest absolute Gasteiger partial charge is 0.0596 e. The molecule has 21 heavy (non-hydrogen) atoms. The first kappa shape index (κ1) is 14.8. The highest BCUT2D eigenvalue weighted by molar-refractivity contribution is 9.12. The Morgan fingerprint density at radius 2 is 1.14 bits per heavy atom. The fourth-order valence-corrected chi connectivity index (χ4v) is 4.00. The van der Waals surface area contributed by atoms with Crippen molar-refractivity contribution in [3.05, 3.63) is 80.8 Å². The highest BCUT2D eigenvalue weighted by Gasteiger charge is 2.39. The Kier molecular flexibility index (Phi) is 3.94. The van der Waals surface area contributed by atoms with Crippen molar-refractivity contribution in [2.45, 2.75) is 19.3 Å². The lowest BCUT2D eigenvalue weighted by Crippen LogP contribution is -2.20. The highest BCUT2D eigenvalue weighted by Crippen LogP contribution is 2.51. The summed E-state index contributed by atoms with van der Waals surface area (Å²) >= 11 is 7.26. The Bertz CT molecular complexity index is 680. The molecule has 0 heterocycles. The molecule has 2 aromatic carbocycles. The van der Waals surface area contributed by atoms with E-state index in [-0.39, 0.29) is 5.41 Å². The van der Waals surface area contributed by atoms with E-state index in [0.29, 0.717) is 0 Å². The second-order valence-corrected chi connectivity index (χ2v) is 7.92. The molecule has 0 fully saturated rings. The van der Waals surface area contributed by atoms with Crippen LogP contribution in [0.4, 0.5) is 0 Å². The Balaban J connectivity index is 2.44. The molecule has 106 valence electrons. The number of allylic oxidation sites excluding steroid dienone is 4. The molecule has 0 amide bonds. The minimum absolute atomic E-state index is 0.214. The van der Waals surface area contributed by atoms with Gasteiger partial charge in [-0.2, -0.15) is 0 Å². The Morgan fingerprint density at radius 1 is 0.762 bits per heavy atom. The molecule has 0 atom stereocenters. The number of hydrogen-bond acceptors (Lipinski definition) is 0. The van der Waals surface area contributed by atoms with Crippen LogP contribution in [0.15, 0.2) is 69.6 Å². The van der Waals surface area contributed by atoms with Gasteiger partial charge in [-0.05, 0) is 45.1 Å². The lowest BCUT2D eigenvalue weighted by Gasteiger charge is -2.26. The van der Waals surface area contributed by atoms with Gasteiger partial charge in [0.1, 0.15) is 0 Å². The number of hydrogen-bond donors (Lipinski definition) is 0. The van der Waals surface area contributed by atoms with Crippen molar-refractivity contribution in [1.29, 1.82) is 0 Å². The van der Waals surface area contributed by atoms with Gasteiger partial charge in [0.05, 0.1) is 5.41 Å². The zero-order chi connectivity index (χ0) is 15.0. The van der Waals surface area contributed by atoms with Gasteiger partial charge in [0.2, 0.25) is 0 Å². The molecule has 0 aliphatic heterocycles. The third-order valence-electron chi connectivity index (χ3n) is 3.89. The molecular formula is C19H16Br2. The Morgan fingerprint density at radius 3 is 1.52 bits per heavy atom. The summed E-state index contributed by atoms with van der Waals surface area (Å²) < 4.78 is 2.28. The summed E-state index contributed by atoms with van der Waals surface area (Å²) in [5, 5.41) is 0. The van der Waals surface area contributed by atoms with Gasteiger partial charge in [0, 0.05) is 0 Å². The summed E-state index contributed by atoms with van der Waals surface area (Å²) in [5.41, 5.74) is 5.10. The van der Waals surface area contributed by atoms with Crippen molar-refractivity contribution >= 4 is 31.9 Å². The van der Waals surface area contributed by atoms with E-state index >= 15 is 0 Å². The first-order chi connectivity index (χ1) is 10.0. The predicted molar refractivity (Wildman–Crippen MR) is 98.0 cm³/mol. The van der Waals surface area contributed by atoms with E-state index in [0.717, 1.165) is 8.96 Å². The molecule has 0 N–H and O–H groups in total. The van der Waals surface area contributed by atoms with Gasteiger partial charge in [-0.3, -0.25) is 0 Å². The highest BCUT2D eigenvalue weighted by atomic mass is 79.9. The average Bonchev–Trinajstić information content (AvgIpc) is 2.70. The average molecular weight is 404 g/mol. The number of fused-ring (bicyclic) bond motifs is 3. The van der Waals surface area contributed by atoms with E-state index in [1.54, 1.807) is 0 Å². The number of rotatable bonds is 2. The monoisotopic (exact) mass is 402 g/mol. The summed E-state index contributed by atoms with van der Waals surface area (Å²) in [4.78, 5) is 0. The quantitative estimate of drug-likeness (QED) is 0.533. The number of halogens is 2. The summed E-state index contributed by atoms with van der Waals surface area (Å²) in [7, 11) is 0. The van der Waals surface area contributed by atoms with E-state index in [4.69, 9.17) is 0 Å². The molecule has 1 aliphatic carbocycles. The maximum absolute atomic E-state index is 3.63. The van der Waals surface area contributed by atoms with E-state index in [2.05, 4.69) is 106 Å². The minimum Gasteiger partial charge on any atom is -0.0619 e. The third-order valence-corrected chi connectivity index (χ3v) is 4.35. The molecule has 0 bridgehead atoms. The van der Waals surface area contributed by atoms with Crippen molar-refractivity contribution in [1.82, 2.24) is 0 Å². The predicted octanol–water partition coefficient (Wildman–Crippen LogP) is 6.55. The summed E-state index contributed by atoms with van der Waals surface area (Å²) in [6.45, 7) is 4.17. The van der Waals surface area contributed by atoms with Crippen LogP contribution in [0.2, 0.25) is 0 Å². The van der Waals surface area contributed by atoms with Crippen LogP contribution in [-0.4, -0.2) is 0 Å². The molecule has 0 radical (unpaired) electrons. The Hall–Kier alpha value is -1.12.